The Hall–Kier alpha value is -0.860. The molecule has 1 aromatic carbocycles. The van der Waals surface area contributed by atoms with E-state index in [1.807, 2.05) is 0 Å². The summed E-state index contributed by atoms with van der Waals surface area (Å²) in [6.07, 6.45) is 9.98. The third kappa shape index (κ3) is 2.90. The van der Waals surface area contributed by atoms with E-state index in [1.165, 1.54) is 50.5 Å². The highest BCUT2D eigenvalue weighted by atomic mass is 16.5. The van der Waals surface area contributed by atoms with Gasteiger partial charge in [-0.15, -0.1) is 0 Å². The first kappa shape index (κ1) is 18.2. The van der Waals surface area contributed by atoms with Gasteiger partial charge >= 0.3 is 0 Å². The van der Waals surface area contributed by atoms with Gasteiger partial charge in [-0.05, 0) is 85.0 Å². The van der Waals surface area contributed by atoms with Gasteiger partial charge in [0.05, 0.1) is 12.7 Å². The van der Waals surface area contributed by atoms with Crippen LogP contribution in [0.5, 0.6) is 0 Å². The summed E-state index contributed by atoms with van der Waals surface area (Å²) in [5.74, 6) is 3.53. The van der Waals surface area contributed by atoms with Gasteiger partial charge < -0.3 is 9.47 Å². The third-order valence-corrected chi connectivity index (χ3v) is 9.38. The second-order valence-corrected chi connectivity index (χ2v) is 10.4. The predicted molar refractivity (Wildman–Crippen MR) is 108 cm³/mol. The molecule has 0 bridgehead atoms. The molecule has 4 fully saturated rings. The fourth-order valence-corrected chi connectivity index (χ4v) is 7.71. The highest BCUT2D eigenvalue weighted by Gasteiger charge is 2.60. The molecule has 0 spiro atoms. The Morgan fingerprint density at radius 1 is 0.926 bits per heavy atom. The molecule has 27 heavy (non-hydrogen) atoms. The zero-order chi connectivity index (χ0) is 18.5. The zero-order valence-electron chi connectivity index (χ0n) is 17.2. The second kappa shape index (κ2) is 6.88. The fraction of sp³-hybridized carbons (Fsp3) is 0.760. The molecule has 3 saturated carbocycles. The van der Waals surface area contributed by atoms with E-state index < -0.39 is 0 Å². The van der Waals surface area contributed by atoms with Crippen LogP contribution in [-0.2, 0) is 16.1 Å². The molecule has 4 aliphatic rings. The molecule has 0 N–H and O–H groups in total. The van der Waals surface area contributed by atoms with Crippen LogP contribution in [0.2, 0.25) is 0 Å². The van der Waals surface area contributed by atoms with E-state index in [-0.39, 0.29) is 0 Å². The summed E-state index contributed by atoms with van der Waals surface area (Å²) in [5.41, 5.74) is 2.24. The molecule has 1 aliphatic heterocycles. The smallest absolute Gasteiger partial charge is 0.0720 e. The van der Waals surface area contributed by atoms with Gasteiger partial charge in [0.2, 0.25) is 0 Å². The highest BCUT2D eigenvalue weighted by molar-refractivity contribution is 5.14. The highest BCUT2D eigenvalue weighted by Crippen LogP contribution is 2.65. The summed E-state index contributed by atoms with van der Waals surface area (Å²) in [6, 6.07) is 10.7. The molecule has 0 radical (unpaired) electrons. The molecule has 2 heteroatoms. The van der Waals surface area contributed by atoms with Crippen LogP contribution in [0.25, 0.3) is 0 Å². The molecule has 1 saturated heterocycles. The second-order valence-electron chi connectivity index (χ2n) is 10.4. The minimum absolute atomic E-state index is 0.393. The van der Waals surface area contributed by atoms with E-state index in [9.17, 15) is 0 Å². The lowest BCUT2D eigenvalue weighted by Crippen LogP contribution is -2.55. The van der Waals surface area contributed by atoms with Crippen molar-refractivity contribution in [2.45, 2.75) is 71.5 Å². The maximum absolute atomic E-state index is 6.55. The summed E-state index contributed by atoms with van der Waals surface area (Å²) in [5, 5.41) is 0. The molecule has 3 aliphatic carbocycles. The Balaban J connectivity index is 1.32. The zero-order valence-corrected chi connectivity index (χ0v) is 17.2. The van der Waals surface area contributed by atoms with Gasteiger partial charge in [0.1, 0.15) is 0 Å². The molecule has 0 aromatic heterocycles. The largest absolute Gasteiger partial charge is 0.381 e. The molecule has 1 aromatic rings. The SMILES string of the molecule is CC12CCOCC1CCC1C2CCC2(C)C(OCc3ccccc3)CCC12. The Morgan fingerprint density at radius 3 is 2.59 bits per heavy atom. The first-order valence-electron chi connectivity index (χ1n) is 11.3. The van der Waals surface area contributed by atoms with Gasteiger partial charge in [0, 0.05) is 13.2 Å². The lowest BCUT2D eigenvalue weighted by atomic mass is 9.47. The average Bonchev–Trinajstić information content (AvgIpc) is 3.03. The van der Waals surface area contributed by atoms with Crippen LogP contribution in [0, 0.1) is 34.5 Å². The molecule has 0 amide bonds. The lowest BCUT2D eigenvalue weighted by Gasteiger charge is -2.60. The van der Waals surface area contributed by atoms with E-state index >= 15 is 0 Å². The van der Waals surface area contributed by atoms with Crippen molar-refractivity contribution in [3.8, 4) is 0 Å². The summed E-state index contributed by atoms with van der Waals surface area (Å²) < 4.78 is 12.4. The molecule has 5 rings (SSSR count). The van der Waals surface area contributed by atoms with Gasteiger partial charge in [0.15, 0.2) is 0 Å². The van der Waals surface area contributed by atoms with E-state index in [1.54, 1.807) is 0 Å². The van der Waals surface area contributed by atoms with Gasteiger partial charge in [-0.3, -0.25) is 0 Å². The first-order chi connectivity index (χ1) is 13.1. The average molecular weight is 369 g/mol. The van der Waals surface area contributed by atoms with Crippen LogP contribution in [-0.4, -0.2) is 19.3 Å². The van der Waals surface area contributed by atoms with Crippen molar-refractivity contribution in [1.82, 2.24) is 0 Å². The van der Waals surface area contributed by atoms with Gasteiger partial charge in [-0.2, -0.15) is 0 Å². The fourth-order valence-electron chi connectivity index (χ4n) is 7.71. The maximum atomic E-state index is 6.55. The van der Waals surface area contributed by atoms with E-state index in [0.29, 0.717) is 16.9 Å². The number of ether oxygens (including phenoxy) is 2. The van der Waals surface area contributed by atoms with Crippen LogP contribution in [0.4, 0.5) is 0 Å². The van der Waals surface area contributed by atoms with E-state index in [4.69, 9.17) is 9.47 Å². The Kier molecular flexibility index (Phi) is 4.64. The van der Waals surface area contributed by atoms with Gasteiger partial charge in [-0.1, -0.05) is 44.2 Å². The monoisotopic (exact) mass is 368 g/mol. The first-order valence-corrected chi connectivity index (χ1v) is 11.3. The van der Waals surface area contributed by atoms with Crippen LogP contribution in [0.1, 0.15) is 64.4 Å². The van der Waals surface area contributed by atoms with Crippen molar-refractivity contribution < 1.29 is 9.47 Å². The molecular weight excluding hydrogens is 332 g/mol. The Bertz CT molecular complexity index is 658. The molecule has 1 heterocycles. The minimum atomic E-state index is 0.393. The molecule has 7 atom stereocenters. The molecular formula is C25H36O2. The summed E-state index contributed by atoms with van der Waals surface area (Å²) in [4.78, 5) is 0. The van der Waals surface area contributed by atoms with Crippen molar-refractivity contribution >= 4 is 0 Å². The topological polar surface area (TPSA) is 18.5 Å². The predicted octanol–water partition coefficient (Wildman–Crippen LogP) is 5.85. The van der Waals surface area contributed by atoms with Gasteiger partial charge in [-0.25, -0.2) is 0 Å². The molecule has 7 unspecified atom stereocenters. The van der Waals surface area contributed by atoms with Crippen molar-refractivity contribution in [2.75, 3.05) is 13.2 Å². The number of benzene rings is 1. The summed E-state index contributed by atoms with van der Waals surface area (Å²) >= 11 is 0. The number of hydrogen-bond acceptors (Lipinski definition) is 2. The van der Waals surface area contributed by atoms with E-state index in [2.05, 4.69) is 44.2 Å². The summed E-state index contributed by atoms with van der Waals surface area (Å²) in [7, 11) is 0. The van der Waals surface area contributed by atoms with E-state index in [0.717, 1.165) is 43.5 Å². The number of fused-ring (bicyclic) bond motifs is 5. The lowest BCUT2D eigenvalue weighted by molar-refractivity contribution is -0.158. The van der Waals surface area contributed by atoms with Crippen LogP contribution >= 0.6 is 0 Å². The minimum Gasteiger partial charge on any atom is -0.381 e. The van der Waals surface area contributed by atoms with Crippen LogP contribution < -0.4 is 0 Å². The third-order valence-electron chi connectivity index (χ3n) is 9.38. The van der Waals surface area contributed by atoms with Crippen LogP contribution in [0.15, 0.2) is 30.3 Å². The number of hydrogen-bond donors (Lipinski definition) is 0. The number of rotatable bonds is 3. The van der Waals surface area contributed by atoms with Gasteiger partial charge in [0.25, 0.3) is 0 Å². The quantitative estimate of drug-likeness (QED) is 0.666. The Morgan fingerprint density at radius 2 is 1.74 bits per heavy atom. The van der Waals surface area contributed by atoms with Crippen LogP contribution in [0.3, 0.4) is 0 Å². The molecule has 148 valence electrons. The van der Waals surface area contributed by atoms with Crippen molar-refractivity contribution in [3.05, 3.63) is 35.9 Å². The normalized spacial score (nSPS) is 46.4. The summed E-state index contributed by atoms with van der Waals surface area (Å²) in [6.45, 7) is 7.96. The molecule has 2 nitrogen and oxygen atoms in total. The van der Waals surface area contributed by atoms with Crippen molar-refractivity contribution in [1.29, 1.82) is 0 Å². The van der Waals surface area contributed by atoms with Crippen molar-refractivity contribution in [3.63, 3.8) is 0 Å². The maximum Gasteiger partial charge on any atom is 0.0720 e. The van der Waals surface area contributed by atoms with Crippen molar-refractivity contribution in [2.24, 2.45) is 34.5 Å². The Labute approximate surface area is 165 Å². The standard InChI is InChI=1S/C25H36O2/c1-24-14-15-26-17-19(24)8-9-20-21-10-11-23(25(21,2)13-12-22(20)24)27-16-18-6-4-3-5-7-18/h3-7,19-23H,8-17H2,1-2H3.